The highest BCUT2D eigenvalue weighted by atomic mass is 79.9. The van der Waals surface area contributed by atoms with E-state index in [0.717, 1.165) is 31.9 Å². The molecule has 0 saturated carbocycles. The van der Waals surface area contributed by atoms with Crippen LogP contribution in [-0.4, -0.2) is 37.2 Å². The minimum Gasteiger partial charge on any atom is -0.486 e. The summed E-state index contributed by atoms with van der Waals surface area (Å²) >= 11 is 18.1. The van der Waals surface area contributed by atoms with Crippen LogP contribution in [0.15, 0.2) is 45.3 Å². The second-order valence-electron chi connectivity index (χ2n) is 5.59. The molecule has 8 heteroatoms. The fourth-order valence-corrected chi connectivity index (χ4v) is 3.31. The summed E-state index contributed by atoms with van der Waals surface area (Å²) in [5.74, 6) is 3.98. The third-order valence-corrected chi connectivity index (χ3v) is 5.27. The molecule has 0 N–H and O–H groups in total. The van der Waals surface area contributed by atoms with E-state index >= 15 is 0 Å². The summed E-state index contributed by atoms with van der Waals surface area (Å²) in [6.07, 6.45) is -0.0705. The number of halogens is 4. The predicted octanol–water partition coefficient (Wildman–Crippen LogP) is 5.66. The van der Waals surface area contributed by atoms with Crippen molar-refractivity contribution in [3.8, 4) is 23.0 Å². The molecule has 0 amide bonds. The first-order valence-electron chi connectivity index (χ1n) is 7.89. The topological polar surface area (TPSA) is 36.9 Å². The van der Waals surface area contributed by atoms with E-state index in [1.54, 1.807) is 0 Å². The van der Waals surface area contributed by atoms with Gasteiger partial charge in [0.25, 0.3) is 0 Å². The number of ether oxygens (including phenoxy) is 4. The average Bonchev–Trinajstić information content (AvgIpc) is 2.67. The van der Waals surface area contributed by atoms with E-state index in [9.17, 15) is 0 Å². The van der Waals surface area contributed by atoms with Crippen LogP contribution in [0, 0.1) is 0 Å². The number of fused-ring (bicyclic) bond motifs is 2. The van der Waals surface area contributed by atoms with Gasteiger partial charge in [0.15, 0.2) is 23.0 Å². The maximum absolute atomic E-state index is 5.67. The van der Waals surface area contributed by atoms with E-state index in [0.29, 0.717) is 25.0 Å². The van der Waals surface area contributed by atoms with Gasteiger partial charge in [0.2, 0.25) is 0 Å². The second kappa shape index (κ2) is 9.40. The Morgan fingerprint density at radius 3 is 1.85 bits per heavy atom. The lowest BCUT2D eigenvalue weighted by atomic mass is 10.3. The molecule has 140 valence electrons. The van der Waals surface area contributed by atoms with Crippen LogP contribution in [0.1, 0.15) is 0 Å². The number of hydrogen-bond donors (Lipinski definition) is 0. The van der Waals surface area contributed by atoms with Crippen molar-refractivity contribution in [2.24, 2.45) is 0 Å². The lowest BCUT2D eigenvalue weighted by Crippen LogP contribution is -2.30. The van der Waals surface area contributed by atoms with Gasteiger partial charge >= 0.3 is 0 Å². The van der Waals surface area contributed by atoms with Gasteiger partial charge in [-0.15, -0.1) is 23.2 Å². The van der Waals surface area contributed by atoms with Crippen LogP contribution in [0.5, 0.6) is 23.0 Å². The Kier molecular flexibility index (Phi) is 7.20. The number of alkyl halides is 2. The summed E-state index contributed by atoms with van der Waals surface area (Å²) in [6.45, 7) is 1.05. The highest BCUT2D eigenvalue weighted by Gasteiger charge is 2.20. The Bertz CT molecular complexity index is 760. The minimum absolute atomic E-state index is 0.0321. The Hall–Kier alpha value is -0.820. The highest BCUT2D eigenvalue weighted by Crippen LogP contribution is 2.35. The molecule has 2 aliphatic rings. The van der Waals surface area contributed by atoms with Crippen molar-refractivity contribution in [2.75, 3.05) is 25.0 Å². The molecule has 0 saturated heterocycles. The van der Waals surface area contributed by atoms with Crippen LogP contribution >= 0.6 is 55.1 Å². The monoisotopic (exact) mass is 524 g/mol. The Balaban J connectivity index is 0.000000151. The maximum atomic E-state index is 5.67. The van der Waals surface area contributed by atoms with Crippen molar-refractivity contribution >= 4 is 55.1 Å². The van der Waals surface area contributed by atoms with Gasteiger partial charge in [-0.3, -0.25) is 0 Å². The molecular formula is C18H16Br2Cl2O4. The van der Waals surface area contributed by atoms with E-state index in [-0.39, 0.29) is 12.2 Å². The van der Waals surface area contributed by atoms with Crippen LogP contribution in [0.4, 0.5) is 0 Å². The number of rotatable bonds is 2. The van der Waals surface area contributed by atoms with E-state index in [2.05, 4.69) is 31.9 Å². The SMILES string of the molecule is ClCC1COc2cc(Br)ccc2O1.ClCC1COc2ccc(Br)cc2O1. The molecule has 0 radical (unpaired) electrons. The molecule has 26 heavy (non-hydrogen) atoms. The minimum atomic E-state index is -0.0385. The van der Waals surface area contributed by atoms with E-state index < -0.39 is 0 Å². The first kappa shape index (κ1) is 19.9. The first-order valence-corrected chi connectivity index (χ1v) is 10.5. The molecular weight excluding hydrogens is 511 g/mol. The van der Waals surface area contributed by atoms with Crippen LogP contribution in [0.3, 0.4) is 0 Å². The van der Waals surface area contributed by atoms with Gasteiger partial charge < -0.3 is 18.9 Å². The molecule has 4 rings (SSSR count). The van der Waals surface area contributed by atoms with Gasteiger partial charge in [0.05, 0.1) is 11.8 Å². The normalized spacial score (nSPS) is 20.0. The smallest absolute Gasteiger partial charge is 0.162 e. The second-order valence-corrected chi connectivity index (χ2v) is 8.04. The zero-order valence-corrected chi connectivity index (χ0v) is 18.3. The van der Waals surface area contributed by atoms with E-state index in [4.69, 9.17) is 42.1 Å². The zero-order valence-electron chi connectivity index (χ0n) is 13.6. The van der Waals surface area contributed by atoms with Gasteiger partial charge in [0.1, 0.15) is 25.4 Å². The molecule has 0 aliphatic carbocycles. The van der Waals surface area contributed by atoms with Gasteiger partial charge in [0, 0.05) is 8.95 Å². The molecule has 0 aromatic heterocycles. The predicted molar refractivity (Wildman–Crippen MR) is 110 cm³/mol. The maximum Gasteiger partial charge on any atom is 0.162 e. The van der Waals surface area contributed by atoms with Crippen molar-refractivity contribution in [2.45, 2.75) is 12.2 Å². The van der Waals surface area contributed by atoms with E-state index in [1.165, 1.54) is 0 Å². The summed E-state index contributed by atoms with van der Waals surface area (Å²) in [5.41, 5.74) is 0. The van der Waals surface area contributed by atoms with Crippen LogP contribution in [-0.2, 0) is 0 Å². The fraction of sp³-hybridized carbons (Fsp3) is 0.333. The fourth-order valence-electron chi connectivity index (χ4n) is 2.33. The number of hydrogen-bond acceptors (Lipinski definition) is 4. The summed E-state index contributed by atoms with van der Waals surface area (Å²) in [5, 5.41) is 0. The standard InChI is InChI=1S/2C9H8BrClO2/c10-6-1-2-8-9(3-6)12-5-7(4-11)13-8;10-6-1-2-8-9(3-6)13-7(4-11)5-12-8/h2*1-3,7H,4-5H2. The third-order valence-electron chi connectivity index (χ3n) is 3.59. The molecule has 2 atom stereocenters. The quantitative estimate of drug-likeness (QED) is 0.474. The summed E-state index contributed by atoms with van der Waals surface area (Å²) in [4.78, 5) is 0. The summed E-state index contributed by atoms with van der Waals surface area (Å²) in [7, 11) is 0. The summed E-state index contributed by atoms with van der Waals surface area (Å²) in [6, 6.07) is 11.4. The van der Waals surface area contributed by atoms with Crippen molar-refractivity contribution in [1.29, 1.82) is 0 Å². The van der Waals surface area contributed by atoms with Crippen LogP contribution in [0.25, 0.3) is 0 Å². The lowest BCUT2D eigenvalue weighted by Gasteiger charge is -2.25. The van der Waals surface area contributed by atoms with Crippen molar-refractivity contribution in [3.63, 3.8) is 0 Å². The Labute approximate surface area is 178 Å². The van der Waals surface area contributed by atoms with Crippen LogP contribution < -0.4 is 18.9 Å². The molecule has 0 fully saturated rings. The zero-order chi connectivity index (χ0) is 18.5. The summed E-state index contributed by atoms with van der Waals surface area (Å²) < 4.78 is 24.0. The largest absolute Gasteiger partial charge is 0.486 e. The molecule has 0 spiro atoms. The molecule has 4 nitrogen and oxygen atoms in total. The lowest BCUT2D eigenvalue weighted by molar-refractivity contribution is 0.106. The van der Waals surface area contributed by atoms with Crippen molar-refractivity contribution < 1.29 is 18.9 Å². The van der Waals surface area contributed by atoms with Crippen molar-refractivity contribution in [3.05, 3.63) is 45.3 Å². The molecule has 2 unspecified atom stereocenters. The Morgan fingerprint density at radius 2 is 1.23 bits per heavy atom. The molecule has 0 bridgehead atoms. The third kappa shape index (κ3) is 5.12. The Morgan fingerprint density at radius 1 is 0.731 bits per heavy atom. The van der Waals surface area contributed by atoms with Gasteiger partial charge in [-0.2, -0.15) is 0 Å². The molecule has 2 heterocycles. The molecule has 2 aliphatic heterocycles. The van der Waals surface area contributed by atoms with Gasteiger partial charge in [-0.25, -0.2) is 0 Å². The average molecular weight is 527 g/mol. The van der Waals surface area contributed by atoms with Gasteiger partial charge in [-0.05, 0) is 36.4 Å². The molecule has 2 aromatic rings. The van der Waals surface area contributed by atoms with E-state index in [1.807, 2.05) is 36.4 Å². The molecule has 2 aromatic carbocycles. The van der Waals surface area contributed by atoms with Gasteiger partial charge in [-0.1, -0.05) is 31.9 Å². The first-order chi connectivity index (χ1) is 12.6. The number of benzene rings is 2. The van der Waals surface area contributed by atoms with Crippen molar-refractivity contribution in [1.82, 2.24) is 0 Å². The highest BCUT2D eigenvalue weighted by molar-refractivity contribution is 9.10. The van der Waals surface area contributed by atoms with Crippen LogP contribution in [0.2, 0.25) is 0 Å².